The third-order valence-electron chi connectivity index (χ3n) is 4.41. The SMILES string of the molecule is CC(C)[C@@H]1C=C(C(=O)N2CCCC2)O[C@H](OCCCCO)C1. The molecule has 0 aromatic heterocycles. The molecule has 2 atom stereocenters. The van der Waals surface area contributed by atoms with Gasteiger partial charge in [-0.15, -0.1) is 0 Å². The molecule has 0 aliphatic carbocycles. The summed E-state index contributed by atoms with van der Waals surface area (Å²) in [6.07, 6.45) is 6.11. The van der Waals surface area contributed by atoms with Gasteiger partial charge in [0.25, 0.3) is 5.91 Å². The van der Waals surface area contributed by atoms with Crippen LogP contribution in [-0.2, 0) is 14.3 Å². The van der Waals surface area contributed by atoms with Gasteiger partial charge < -0.3 is 19.5 Å². The Labute approximate surface area is 133 Å². The highest BCUT2D eigenvalue weighted by molar-refractivity contribution is 5.91. The lowest BCUT2D eigenvalue weighted by molar-refractivity contribution is -0.155. The Morgan fingerprint density at radius 1 is 1.41 bits per heavy atom. The number of carbonyl (C=O) groups is 1. The highest BCUT2D eigenvalue weighted by Gasteiger charge is 2.32. The number of aliphatic hydroxyl groups is 1. The van der Waals surface area contributed by atoms with Crippen molar-refractivity contribution in [3.63, 3.8) is 0 Å². The summed E-state index contributed by atoms with van der Waals surface area (Å²) in [5.41, 5.74) is 0. The van der Waals surface area contributed by atoms with Crippen molar-refractivity contribution in [3.8, 4) is 0 Å². The summed E-state index contributed by atoms with van der Waals surface area (Å²) in [6.45, 7) is 6.71. The summed E-state index contributed by atoms with van der Waals surface area (Å²) in [4.78, 5) is 14.4. The van der Waals surface area contributed by atoms with E-state index in [9.17, 15) is 4.79 Å². The largest absolute Gasteiger partial charge is 0.459 e. The Bertz CT molecular complexity index is 388. The third kappa shape index (κ3) is 4.71. The number of hydrogen-bond acceptors (Lipinski definition) is 4. The lowest BCUT2D eigenvalue weighted by atomic mass is 9.90. The van der Waals surface area contributed by atoms with Crippen LogP contribution in [-0.4, -0.2) is 48.5 Å². The van der Waals surface area contributed by atoms with Gasteiger partial charge >= 0.3 is 0 Å². The van der Waals surface area contributed by atoms with Crippen LogP contribution in [0.25, 0.3) is 0 Å². The first-order valence-electron chi connectivity index (χ1n) is 8.52. The summed E-state index contributed by atoms with van der Waals surface area (Å²) >= 11 is 0. The first kappa shape index (κ1) is 17.3. The van der Waals surface area contributed by atoms with Crippen LogP contribution < -0.4 is 0 Å². The van der Waals surface area contributed by atoms with Gasteiger partial charge in [0.15, 0.2) is 5.76 Å². The fourth-order valence-electron chi connectivity index (χ4n) is 2.91. The van der Waals surface area contributed by atoms with E-state index in [0.29, 0.717) is 24.2 Å². The fourth-order valence-corrected chi connectivity index (χ4v) is 2.91. The molecule has 1 amide bonds. The average Bonchev–Trinajstić information content (AvgIpc) is 3.05. The standard InChI is InChI=1S/C17H29NO4/c1-13(2)14-11-15(17(20)18-7-3-4-8-18)22-16(12-14)21-10-6-5-9-19/h11,13-14,16,19H,3-10,12H2,1-2H3/t14-,16+/m1/s1. The predicted octanol–water partition coefficient (Wildman–Crippen LogP) is 2.30. The van der Waals surface area contributed by atoms with Gasteiger partial charge in [0.1, 0.15) is 0 Å². The molecule has 2 rings (SSSR count). The van der Waals surface area contributed by atoms with Crippen LogP contribution in [0, 0.1) is 11.8 Å². The molecule has 2 aliphatic heterocycles. The van der Waals surface area contributed by atoms with Crippen LogP contribution in [0.15, 0.2) is 11.8 Å². The van der Waals surface area contributed by atoms with Crippen molar-refractivity contribution in [2.75, 3.05) is 26.3 Å². The van der Waals surface area contributed by atoms with E-state index in [1.165, 1.54) is 0 Å². The fraction of sp³-hybridized carbons (Fsp3) is 0.824. The number of unbranched alkanes of at least 4 members (excludes halogenated alkanes) is 1. The monoisotopic (exact) mass is 311 g/mol. The maximum atomic E-state index is 12.5. The predicted molar refractivity (Wildman–Crippen MR) is 84.0 cm³/mol. The summed E-state index contributed by atoms with van der Waals surface area (Å²) < 4.78 is 11.6. The van der Waals surface area contributed by atoms with Crippen molar-refractivity contribution < 1.29 is 19.4 Å². The molecule has 0 spiro atoms. The molecule has 0 radical (unpaired) electrons. The highest BCUT2D eigenvalue weighted by atomic mass is 16.7. The third-order valence-corrected chi connectivity index (χ3v) is 4.41. The van der Waals surface area contributed by atoms with E-state index in [-0.39, 0.29) is 18.8 Å². The first-order chi connectivity index (χ1) is 10.6. The minimum Gasteiger partial charge on any atom is -0.459 e. The minimum atomic E-state index is -0.349. The van der Waals surface area contributed by atoms with Gasteiger partial charge in [-0.2, -0.15) is 0 Å². The molecule has 0 bridgehead atoms. The smallest absolute Gasteiger partial charge is 0.288 e. The lowest BCUT2D eigenvalue weighted by Gasteiger charge is -2.32. The van der Waals surface area contributed by atoms with Crippen LogP contribution in [0.5, 0.6) is 0 Å². The number of allylic oxidation sites excluding steroid dienone is 1. The summed E-state index contributed by atoms with van der Waals surface area (Å²) in [5.74, 6) is 1.22. The number of nitrogens with zero attached hydrogens (tertiary/aromatic N) is 1. The molecule has 2 aliphatic rings. The quantitative estimate of drug-likeness (QED) is 0.733. The second-order valence-electron chi connectivity index (χ2n) is 6.52. The zero-order chi connectivity index (χ0) is 15.9. The van der Waals surface area contributed by atoms with Crippen LogP contribution in [0.3, 0.4) is 0 Å². The van der Waals surface area contributed by atoms with Gasteiger partial charge in [-0.25, -0.2) is 0 Å². The zero-order valence-corrected chi connectivity index (χ0v) is 13.8. The molecule has 1 fully saturated rings. The van der Waals surface area contributed by atoms with Crippen molar-refractivity contribution in [2.24, 2.45) is 11.8 Å². The Kier molecular flexibility index (Phi) is 6.70. The van der Waals surface area contributed by atoms with Crippen LogP contribution in [0.1, 0.15) is 46.0 Å². The zero-order valence-electron chi connectivity index (χ0n) is 13.8. The van der Waals surface area contributed by atoms with Crippen molar-refractivity contribution in [1.82, 2.24) is 4.90 Å². The Hall–Kier alpha value is -1.07. The van der Waals surface area contributed by atoms with Crippen LogP contribution in [0.2, 0.25) is 0 Å². The molecule has 1 saturated heterocycles. The summed E-state index contributed by atoms with van der Waals surface area (Å²) in [6, 6.07) is 0. The van der Waals surface area contributed by atoms with Crippen molar-refractivity contribution in [1.29, 1.82) is 0 Å². The number of ether oxygens (including phenoxy) is 2. The average molecular weight is 311 g/mol. The maximum absolute atomic E-state index is 12.5. The Morgan fingerprint density at radius 3 is 2.77 bits per heavy atom. The lowest BCUT2D eigenvalue weighted by Crippen LogP contribution is -2.36. The second kappa shape index (κ2) is 8.53. The minimum absolute atomic E-state index is 0.00630. The molecule has 0 aromatic rings. The van der Waals surface area contributed by atoms with Gasteiger partial charge in [-0.1, -0.05) is 13.8 Å². The van der Waals surface area contributed by atoms with E-state index in [1.54, 1.807) is 0 Å². The van der Waals surface area contributed by atoms with Crippen LogP contribution >= 0.6 is 0 Å². The number of likely N-dealkylation sites (tertiary alicyclic amines) is 1. The molecule has 0 unspecified atom stereocenters. The summed E-state index contributed by atoms with van der Waals surface area (Å²) in [7, 11) is 0. The summed E-state index contributed by atoms with van der Waals surface area (Å²) in [5, 5.41) is 8.81. The number of aliphatic hydroxyl groups excluding tert-OH is 1. The van der Waals surface area contributed by atoms with E-state index in [1.807, 2.05) is 11.0 Å². The molecule has 5 nitrogen and oxygen atoms in total. The molecule has 2 heterocycles. The molecule has 1 N–H and O–H groups in total. The Balaban J connectivity index is 1.95. The Morgan fingerprint density at radius 2 is 2.14 bits per heavy atom. The van der Waals surface area contributed by atoms with E-state index in [2.05, 4.69) is 13.8 Å². The highest BCUT2D eigenvalue weighted by Crippen LogP contribution is 2.30. The number of carbonyl (C=O) groups excluding carboxylic acids is 1. The van der Waals surface area contributed by atoms with Gasteiger partial charge in [0, 0.05) is 26.1 Å². The van der Waals surface area contributed by atoms with Crippen molar-refractivity contribution >= 4 is 5.91 Å². The molecule has 0 saturated carbocycles. The van der Waals surface area contributed by atoms with E-state index < -0.39 is 0 Å². The van der Waals surface area contributed by atoms with E-state index in [4.69, 9.17) is 14.6 Å². The second-order valence-corrected chi connectivity index (χ2v) is 6.52. The normalized spacial score (nSPS) is 25.3. The topological polar surface area (TPSA) is 59.0 Å². The van der Waals surface area contributed by atoms with Gasteiger partial charge in [0.2, 0.25) is 6.29 Å². The molecular formula is C17H29NO4. The molecule has 22 heavy (non-hydrogen) atoms. The van der Waals surface area contributed by atoms with E-state index >= 15 is 0 Å². The molecule has 126 valence electrons. The van der Waals surface area contributed by atoms with Crippen molar-refractivity contribution in [2.45, 2.75) is 52.2 Å². The van der Waals surface area contributed by atoms with Gasteiger partial charge in [-0.3, -0.25) is 4.79 Å². The molecule has 5 heteroatoms. The van der Waals surface area contributed by atoms with Crippen molar-refractivity contribution in [3.05, 3.63) is 11.8 Å². The molecular weight excluding hydrogens is 282 g/mol. The number of hydrogen-bond donors (Lipinski definition) is 1. The van der Waals surface area contributed by atoms with Gasteiger partial charge in [-0.05, 0) is 43.6 Å². The van der Waals surface area contributed by atoms with Crippen LogP contribution in [0.4, 0.5) is 0 Å². The first-order valence-corrected chi connectivity index (χ1v) is 8.52. The van der Waals surface area contributed by atoms with E-state index in [0.717, 1.165) is 45.2 Å². The molecule has 0 aromatic carbocycles. The van der Waals surface area contributed by atoms with Gasteiger partial charge in [0.05, 0.1) is 6.61 Å². The number of amides is 1. The number of rotatable bonds is 7. The maximum Gasteiger partial charge on any atom is 0.288 e.